The van der Waals surface area contributed by atoms with Crippen molar-refractivity contribution < 1.29 is 9.90 Å². The highest BCUT2D eigenvalue weighted by molar-refractivity contribution is 8.02. The summed E-state index contributed by atoms with van der Waals surface area (Å²) in [5.41, 5.74) is 5.05. The second-order valence-electron chi connectivity index (χ2n) is 5.43. The zero-order chi connectivity index (χ0) is 17.8. The lowest BCUT2D eigenvalue weighted by atomic mass is 10.1. The molecule has 25 heavy (non-hydrogen) atoms. The molecule has 0 spiro atoms. The lowest BCUT2D eigenvalue weighted by Crippen LogP contribution is -2.27. The second kappa shape index (κ2) is 7.67. The Balaban J connectivity index is 1.62. The summed E-state index contributed by atoms with van der Waals surface area (Å²) >= 11 is 3.00. The number of rotatable bonds is 5. The zero-order valence-electron chi connectivity index (χ0n) is 13.8. The molecule has 1 heterocycles. The quantitative estimate of drug-likeness (QED) is 0.403. The number of thioether (sulfide) groups is 1. The highest BCUT2D eigenvalue weighted by atomic mass is 32.2. The summed E-state index contributed by atoms with van der Waals surface area (Å²) in [5, 5.41) is 13.1. The third-order valence-corrected chi connectivity index (χ3v) is 5.77. The second-order valence-corrected chi connectivity index (χ2v) is 8.05. The van der Waals surface area contributed by atoms with Crippen LogP contribution in [-0.4, -0.2) is 27.0 Å². The molecule has 0 aliphatic carbocycles. The third-order valence-electron chi connectivity index (χ3n) is 3.54. The highest BCUT2D eigenvalue weighted by Gasteiger charge is 2.16. The van der Waals surface area contributed by atoms with E-state index in [0.717, 1.165) is 20.1 Å². The van der Waals surface area contributed by atoms with Crippen LogP contribution >= 0.6 is 23.1 Å². The fourth-order valence-corrected chi connectivity index (χ4v) is 4.31. The average molecular weight is 371 g/mol. The first-order valence-electron chi connectivity index (χ1n) is 7.68. The Kier molecular flexibility index (Phi) is 5.35. The Morgan fingerprint density at radius 1 is 1.24 bits per heavy atom. The van der Waals surface area contributed by atoms with Crippen molar-refractivity contribution >= 4 is 44.9 Å². The summed E-state index contributed by atoms with van der Waals surface area (Å²) in [4.78, 5) is 16.8. The monoisotopic (exact) mass is 371 g/mol. The van der Waals surface area contributed by atoms with Gasteiger partial charge in [-0.3, -0.25) is 4.79 Å². The molecule has 0 aliphatic heterocycles. The van der Waals surface area contributed by atoms with Gasteiger partial charge in [0.15, 0.2) is 4.34 Å². The molecule has 0 saturated heterocycles. The van der Waals surface area contributed by atoms with Crippen molar-refractivity contribution in [3.63, 3.8) is 0 Å². The van der Waals surface area contributed by atoms with Crippen LogP contribution in [0.15, 0.2) is 58.0 Å². The number of carbonyl (C=O) groups is 1. The van der Waals surface area contributed by atoms with Gasteiger partial charge in [0.05, 0.1) is 21.2 Å². The zero-order valence-corrected chi connectivity index (χ0v) is 15.4. The molecule has 0 radical (unpaired) electrons. The van der Waals surface area contributed by atoms with Crippen LogP contribution in [-0.2, 0) is 4.79 Å². The van der Waals surface area contributed by atoms with Crippen LogP contribution in [0.4, 0.5) is 0 Å². The van der Waals surface area contributed by atoms with Gasteiger partial charge in [-0.1, -0.05) is 23.9 Å². The van der Waals surface area contributed by atoms with Gasteiger partial charge >= 0.3 is 0 Å². The van der Waals surface area contributed by atoms with E-state index in [1.165, 1.54) is 11.8 Å². The van der Waals surface area contributed by atoms with Crippen molar-refractivity contribution in [1.29, 1.82) is 0 Å². The number of hydrogen-bond donors (Lipinski definition) is 2. The molecule has 1 amide bonds. The van der Waals surface area contributed by atoms with Crippen LogP contribution in [0.5, 0.6) is 5.75 Å². The van der Waals surface area contributed by atoms with Gasteiger partial charge in [-0.2, -0.15) is 5.10 Å². The normalized spacial score (nSPS) is 13.0. The molecule has 1 unspecified atom stereocenters. The van der Waals surface area contributed by atoms with Crippen LogP contribution in [0, 0.1) is 0 Å². The first-order chi connectivity index (χ1) is 12.0. The lowest BCUT2D eigenvalue weighted by molar-refractivity contribution is -0.120. The number of fused-ring (bicyclic) bond motifs is 1. The SMILES string of the molecule is CC(=NNC(=O)C(C)Sc1nc2ccccc2s1)c1ccc(O)cc1. The summed E-state index contributed by atoms with van der Waals surface area (Å²) in [6.07, 6.45) is 0. The number of nitrogens with one attached hydrogen (secondary N) is 1. The van der Waals surface area contributed by atoms with Crippen molar-refractivity contribution in [2.24, 2.45) is 5.10 Å². The van der Waals surface area contributed by atoms with E-state index < -0.39 is 0 Å². The molecule has 3 aromatic rings. The van der Waals surface area contributed by atoms with E-state index in [1.54, 1.807) is 42.5 Å². The first kappa shape index (κ1) is 17.4. The minimum absolute atomic E-state index is 0.178. The van der Waals surface area contributed by atoms with Crippen molar-refractivity contribution in [2.75, 3.05) is 0 Å². The Bertz CT molecular complexity index is 886. The van der Waals surface area contributed by atoms with E-state index in [1.807, 2.05) is 31.2 Å². The van der Waals surface area contributed by atoms with Crippen LogP contribution in [0.2, 0.25) is 0 Å². The van der Waals surface area contributed by atoms with Crippen molar-refractivity contribution in [2.45, 2.75) is 23.4 Å². The third kappa shape index (κ3) is 4.37. The lowest BCUT2D eigenvalue weighted by Gasteiger charge is -2.08. The molecule has 1 aromatic heterocycles. The number of nitrogens with zero attached hydrogens (tertiary/aromatic N) is 2. The van der Waals surface area contributed by atoms with Crippen molar-refractivity contribution in [3.8, 4) is 5.75 Å². The van der Waals surface area contributed by atoms with E-state index in [4.69, 9.17) is 0 Å². The van der Waals surface area contributed by atoms with Crippen LogP contribution in [0.3, 0.4) is 0 Å². The fourth-order valence-electron chi connectivity index (χ4n) is 2.10. The van der Waals surface area contributed by atoms with E-state index in [-0.39, 0.29) is 16.9 Å². The van der Waals surface area contributed by atoms with E-state index in [9.17, 15) is 9.90 Å². The number of amides is 1. The minimum atomic E-state index is -0.308. The summed E-state index contributed by atoms with van der Waals surface area (Å²) in [6, 6.07) is 14.6. The summed E-state index contributed by atoms with van der Waals surface area (Å²) in [6.45, 7) is 3.63. The van der Waals surface area contributed by atoms with Gasteiger partial charge in [-0.05, 0) is 55.8 Å². The number of hydrogen-bond acceptors (Lipinski definition) is 6. The maximum Gasteiger partial charge on any atom is 0.253 e. The molecular formula is C18H17N3O2S2. The highest BCUT2D eigenvalue weighted by Crippen LogP contribution is 2.31. The minimum Gasteiger partial charge on any atom is -0.508 e. The number of hydrazone groups is 1. The van der Waals surface area contributed by atoms with Crippen molar-refractivity contribution in [3.05, 3.63) is 54.1 Å². The molecule has 2 N–H and O–H groups in total. The molecule has 2 aromatic carbocycles. The molecule has 0 bridgehead atoms. The van der Waals surface area contributed by atoms with Crippen LogP contribution in [0.1, 0.15) is 19.4 Å². The number of phenols is 1. The Morgan fingerprint density at radius 2 is 1.96 bits per heavy atom. The number of phenolic OH excluding ortho intramolecular Hbond substituents is 1. The first-order valence-corrected chi connectivity index (χ1v) is 9.38. The molecule has 7 heteroatoms. The topological polar surface area (TPSA) is 74.6 Å². The van der Waals surface area contributed by atoms with Gasteiger partial charge in [-0.25, -0.2) is 10.4 Å². The maximum atomic E-state index is 12.3. The van der Waals surface area contributed by atoms with Gasteiger partial charge in [0.25, 0.3) is 5.91 Å². The van der Waals surface area contributed by atoms with Gasteiger partial charge in [0.1, 0.15) is 5.75 Å². The number of aromatic nitrogens is 1. The predicted octanol–water partition coefficient (Wildman–Crippen LogP) is 4.02. The smallest absolute Gasteiger partial charge is 0.253 e. The van der Waals surface area contributed by atoms with Gasteiger partial charge in [0.2, 0.25) is 0 Å². The van der Waals surface area contributed by atoms with Gasteiger partial charge in [-0.15, -0.1) is 11.3 Å². The number of benzene rings is 2. The Morgan fingerprint density at radius 3 is 2.68 bits per heavy atom. The number of para-hydroxylation sites is 1. The number of thiazole rings is 1. The van der Waals surface area contributed by atoms with Gasteiger partial charge < -0.3 is 5.11 Å². The average Bonchev–Trinajstić information content (AvgIpc) is 3.02. The number of aromatic hydroxyl groups is 1. The molecule has 0 fully saturated rings. The Labute approximate surface area is 153 Å². The maximum absolute atomic E-state index is 12.3. The van der Waals surface area contributed by atoms with E-state index in [0.29, 0.717) is 5.71 Å². The van der Waals surface area contributed by atoms with Gasteiger partial charge in [0, 0.05) is 0 Å². The fraction of sp³-hybridized carbons (Fsp3) is 0.167. The Hall–Kier alpha value is -2.38. The molecule has 1 atom stereocenters. The summed E-state index contributed by atoms with van der Waals surface area (Å²) in [5.74, 6) is 0.0174. The molecule has 3 rings (SSSR count). The van der Waals surface area contributed by atoms with E-state index in [2.05, 4.69) is 15.5 Å². The molecule has 0 saturated carbocycles. The standard InChI is InChI=1S/C18H17N3O2S2/c1-11(13-7-9-14(22)10-8-13)20-21-17(23)12(2)24-18-19-15-5-3-4-6-16(15)25-18/h3-10,12,22H,1-2H3,(H,21,23). The molecule has 128 valence electrons. The van der Waals surface area contributed by atoms with Crippen molar-refractivity contribution in [1.82, 2.24) is 10.4 Å². The predicted molar refractivity (Wildman–Crippen MR) is 103 cm³/mol. The molecular weight excluding hydrogens is 354 g/mol. The van der Waals surface area contributed by atoms with Crippen LogP contribution < -0.4 is 5.43 Å². The van der Waals surface area contributed by atoms with Crippen LogP contribution in [0.25, 0.3) is 10.2 Å². The van der Waals surface area contributed by atoms with E-state index >= 15 is 0 Å². The summed E-state index contributed by atoms with van der Waals surface area (Å²) in [7, 11) is 0. The largest absolute Gasteiger partial charge is 0.508 e. The summed E-state index contributed by atoms with van der Waals surface area (Å²) < 4.78 is 1.97. The number of carbonyl (C=O) groups excluding carboxylic acids is 1. The molecule has 5 nitrogen and oxygen atoms in total. The molecule has 0 aliphatic rings.